The smallest absolute Gasteiger partial charge is 0.224 e. The van der Waals surface area contributed by atoms with Gasteiger partial charge in [0, 0.05) is 37.1 Å². The maximum atomic E-state index is 12.6. The zero-order valence-electron chi connectivity index (χ0n) is 12.7. The molecular formula is C17H24N2OS. The molecule has 1 aromatic carbocycles. The second-order valence-electron chi connectivity index (χ2n) is 6.09. The van der Waals surface area contributed by atoms with Gasteiger partial charge in [0.2, 0.25) is 5.91 Å². The van der Waals surface area contributed by atoms with E-state index in [0.29, 0.717) is 18.4 Å². The molecule has 0 saturated carbocycles. The van der Waals surface area contributed by atoms with Crippen molar-refractivity contribution in [2.24, 2.45) is 0 Å². The molecule has 0 aromatic heterocycles. The van der Waals surface area contributed by atoms with Crippen molar-refractivity contribution in [1.82, 2.24) is 10.2 Å². The molecule has 4 heteroatoms. The van der Waals surface area contributed by atoms with Crippen molar-refractivity contribution in [3.63, 3.8) is 0 Å². The lowest BCUT2D eigenvalue weighted by molar-refractivity contribution is -0.132. The van der Waals surface area contributed by atoms with Crippen molar-refractivity contribution in [3.8, 4) is 0 Å². The predicted molar refractivity (Wildman–Crippen MR) is 88.6 cm³/mol. The first-order valence-corrected chi connectivity index (χ1v) is 9.06. The number of amides is 1. The van der Waals surface area contributed by atoms with Crippen LogP contribution in [0, 0.1) is 6.92 Å². The fraction of sp³-hybridized carbons (Fsp3) is 0.588. The topological polar surface area (TPSA) is 32.3 Å². The molecule has 1 N–H and O–H groups in total. The largest absolute Gasteiger partial charge is 0.336 e. The Bertz CT molecular complexity index is 482. The van der Waals surface area contributed by atoms with Gasteiger partial charge in [-0.2, -0.15) is 11.8 Å². The highest BCUT2D eigenvalue weighted by Gasteiger charge is 2.31. The number of aryl methyl sites for hydroxylation is 1. The van der Waals surface area contributed by atoms with Crippen molar-refractivity contribution in [1.29, 1.82) is 0 Å². The van der Waals surface area contributed by atoms with Gasteiger partial charge in [0.1, 0.15) is 0 Å². The second kappa shape index (κ2) is 6.84. The fourth-order valence-corrected chi connectivity index (χ4v) is 4.23. The van der Waals surface area contributed by atoms with Gasteiger partial charge in [-0.05, 0) is 25.3 Å². The van der Waals surface area contributed by atoms with E-state index in [-0.39, 0.29) is 6.04 Å². The Balaban J connectivity index is 1.65. The van der Waals surface area contributed by atoms with Crippen LogP contribution in [-0.2, 0) is 4.79 Å². The van der Waals surface area contributed by atoms with E-state index >= 15 is 0 Å². The number of benzene rings is 1. The van der Waals surface area contributed by atoms with Crippen LogP contribution in [0.4, 0.5) is 0 Å². The average Bonchev–Trinajstić information content (AvgIpc) is 2.98. The molecule has 2 fully saturated rings. The van der Waals surface area contributed by atoms with E-state index in [4.69, 9.17) is 0 Å². The second-order valence-corrected chi connectivity index (χ2v) is 7.24. The summed E-state index contributed by atoms with van der Waals surface area (Å²) in [5, 5.41) is 3.47. The van der Waals surface area contributed by atoms with E-state index in [1.54, 1.807) is 0 Å². The Morgan fingerprint density at radius 2 is 2.19 bits per heavy atom. The van der Waals surface area contributed by atoms with Crippen LogP contribution in [0.25, 0.3) is 0 Å². The summed E-state index contributed by atoms with van der Waals surface area (Å²) in [4.78, 5) is 14.7. The molecule has 0 spiro atoms. The van der Waals surface area contributed by atoms with Gasteiger partial charge in [0.15, 0.2) is 0 Å². The number of carbonyl (C=O) groups is 1. The van der Waals surface area contributed by atoms with Crippen LogP contribution < -0.4 is 5.32 Å². The monoisotopic (exact) mass is 304 g/mol. The SMILES string of the molecule is Cc1ccc([C@H]2CCCN2C(=O)C[C@@H]2CSCCN2)cc1. The minimum absolute atomic E-state index is 0.286. The molecule has 2 aliphatic rings. The van der Waals surface area contributed by atoms with E-state index < -0.39 is 0 Å². The van der Waals surface area contributed by atoms with Crippen molar-refractivity contribution < 1.29 is 4.79 Å². The number of thioether (sulfide) groups is 1. The Labute approximate surface area is 131 Å². The molecule has 21 heavy (non-hydrogen) atoms. The molecule has 1 aromatic rings. The molecule has 0 aliphatic carbocycles. The number of nitrogens with one attached hydrogen (secondary N) is 1. The summed E-state index contributed by atoms with van der Waals surface area (Å²) >= 11 is 1.95. The molecule has 2 saturated heterocycles. The highest BCUT2D eigenvalue weighted by molar-refractivity contribution is 7.99. The normalized spacial score (nSPS) is 26.0. The first-order valence-electron chi connectivity index (χ1n) is 7.91. The number of likely N-dealkylation sites (tertiary alicyclic amines) is 1. The summed E-state index contributed by atoms with van der Waals surface area (Å²) in [6.07, 6.45) is 2.87. The van der Waals surface area contributed by atoms with Gasteiger partial charge in [-0.15, -0.1) is 0 Å². The zero-order chi connectivity index (χ0) is 14.7. The third-order valence-electron chi connectivity index (χ3n) is 4.45. The number of hydrogen-bond acceptors (Lipinski definition) is 3. The molecule has 114 valence electrons. The summed E-state index contributed by atoms with van der Waals surface area (Å²) in [5.74, 6) is 2.55. The summed E-state index contributed by atoms with van der Waals surface area (Å²) in [6.45, 7) is 4.05. The van der Waals surface area contributed by atoms with Crippen LogP contribution in [0.2, 0.25) is 0 Å². The molecule has 0 radical (unpaired) electrons. The molecule has 3 nitrogen and oxygen atoms in total. The lowest BCUT2D eigenvalue weighted by Crippen LogP contribution is -2.42. The standard InChI is InChI=1S/C17H24N2OS/c1-13-4-6-14(7-5-13)16-3-2-9-19(16)17(20)11-15-12-21-10-8-18-15/h4-7,15-16,18H,2-3,8-12H2,1H3/t15-,16-/m1/s1. The highest BCUT2D eigenvalue weighted by atomic mass is 32.2. The maximum Gasteiger partial charge on any atom is 0.224 e. The predicted octanol–water partition coefficient (Wildman–Crippen LogP) is 2.75. The van der Waals surface area contributed by atoms with E-state index in [2.05, 4.69) is 41.4 Å². The number of nitrogens with zero attached hydrogens (tertiary/aromatic N) is 1. The number of carbonyl (C=O) groups excluding carboxylic acids is 1. The van der Waals surface area contributed by atoms with Gasteiger partial charge in [-0.1, -0.05) is 29.8 Å². The molecule has 0 unspecified atom stereocenters. The van der Waals surface area contributed by atoms with Gasteiger partial charge in [0.05, 0.1) is 6.04 Å². The van der Waals surface area contributed by atoms with E-state index in [9.17, 15) is 4.79 Å². The van der Waals surface area contributed by atoms with Crippen molar-refractivity contribution >= 4 is 17.7 Å². The summed E-state index contributed by atoms with van der Waals surface area (Å²) in [7, 11) is 0. The van der Waals surface area contributed by atoms with Crippen LogP contribution in [0.15, 0.2) is 24.3 Å². The minimum atomic E-state index is 0.286. The Morgan fingerprint density at radius 3 is 2.90 bits per heavy atom. The van der Waals surface area contributed by atoms with E-state index in [1.807, 2.05) is 11.8 Å². The number of rotatable bonds is 3. The van der Waals surface area contributed by atoms with Gasteiger partial charge < -0.3 is 10.2 Å². The van der Waals surface area contributed by atoms with Crippen molar-refractivity contribution in [2.75, 3.05) is 24.6 Å². The van der Waals surface area contributed by atoms with Crippen LogP contribution >= 0.6 is 11.8 Å². The van der Waals surface area contributed by atoms with Gasteiger partial charge >= 0.3 is 0 Å². The average molecular weight is 304 g/mol. The van der Waals surface area contributed by atoms with E-state index in [0.717, 1.165) is 31.7 Å². The molecule has 2 aliphatic heterocycles. The van der Waals surface area contributed by atoms with Crippen molar-refractivity contribution in [2.45, 2.75) is 38.3 Å². The Morgan fingerprint density at radius 1 is 1.38 bits per heavy atom. The number of hydrogen-bond donors (Lipinski definition) is 1. The lowest BCUT2D eigenvalue weighted by Gasteiger charge is -2.29. The summed E-state index contributed by atoms with van der Waals surface area (Å²) < 4.78 is 0. The highest BCUT2D eigenvalue weighted by Crippen LogP contribution is 2.32. The first kappa shape index (κ1) is 14.9. The first-order chi connectivity index (χ1) is 10.2. The molecule has 0 bridgehead atoms. The van der Waals surface area contributed by atoms with Crippen LogP contribution in [-0.4, -0.2) is 41.4 Å². The maximum absolute atomic E-state index is 12.6. The molecular weight excluding hydrogens is 280 g/mol. The van der Waals surface area contributed by atoms with Gasteiger partial charge in [0.25, 0.3) is 0 Å². The molecule has 3 rings (SSSR count). The summed E-state index contributed by atoms with van der Waals surface area (Å²) in [5.41, 5.74) is 2.57. The van der Waals surface area contributed by atoms with Gasteiger partial charge in [-0.3, -0.25) is 4.79 Å². The quantitative estimate of drug-likeness (QED) is 0.932. The third kappa shape index (κ3) is 3.61. The summed E-state index contributed by atoms with van der Waals surface area (Å²) in [6, 6.07) is 9.30. The third-order valence-corrected chi connectivity index (χ3v) is 5.59. The molecule has 2 heterocycles. The molecule has 1 amide bonds. The lowest BCUT2D eigenvalue weighted by atomic mass is 10.0. The van der Waals surface area contributed by atoms with E-state index in [1.165, 1.54) is 16.9 Å². The fourth-order valence-electron chi connectivity index (χ4n) is 3.28. The van der Waals surface area contributed by atoms with Crippen molar-refractivity contribution in [3.05, 3.63) is 35.4 Å². The Kier molecular flexibility index (Phi) is 4.86. The Hall–Kier alpha value is -1.00. The zero-order valence-corrected chi connectivity index (χ0v) is 13.5. The van der Waals surface area contributed by atoms with Crippen LogP contribution in [0.1, 0.15) is 36.4 Å². The minimum Gasteiger partial charge on any atom is -0.336 e. The van der Waals surface area contributed by atoms with Crippen LogP contribution in [0.5, 0.6) is 0 Å². The van der Waals surface area contributed by atoms with Gasteiger partial charge in [-0.25, -0.2) is 0 Å². The molecule has 2 atom stereocenters. The van der Waals surface area contributed by atoms with Crippen LogP contribution in [0.3, 0.4) is 0 Å².